The van der Waals surface area contributed by atoms with Gasteiger partial charge in [-0.1, -0.05) is 117 Å². The molecule has 1 heterocycles. The second-order valence-electron chi connectivity index (χ2n) is 9.30. The van der Waals surface area contributed by atoms with Gasteiger partial charge in [-0.3, -0.25) is 19.3 Å². The van der Waals surface area contributed by atoms with Gasteiger partial charge in [-0.15, -0.1) is 0 Å². The van der Waals surface area contributed by atoms with E-state index in [1.54, 1.807) is 24.3 Å². The van der Waals surface area contributed by atoms with Gasteiger partial charge < -0.3 is 0 Å². The Morgan fingerprint density at radius 1 is 0.622 bits per heavy atom. The molecule has 0 aromatic heterocycles. The molecular weight excluding hydrogens is 479 g/mol. The van der Waals surface area contributed by atoms with Gasteiger partial charge in [0.25, 0.3) is 17.7 Å². The van der Waals surface area contributed by atoms with E-state index in [0.29, 0.717) is 11.1 Å². The molecule has 0 N–H and O–H groups in total. The number of nitrogens with zero attached hydrogens (tertiary/aromatic N) is 2. The number of carbonyl (C=O) groups is 3. The van der Waals surface area contributed by atoms with Crippen molar-refractivity contribution in [1.29, 1.82) is 0 Å². The third-order valence-corrected chi connectivity index (χ3v) is 10.3. The van der Waals surface area contributed by atoms with E-state index in [-0.39, 0.29) is 5.92 Å². The Hall–Kier alpha value is -4.08. The number of imide groups is 1. The van der Waals surface area contributed by atoms with Crippen LogP contribution < -0.4 is 15.9 Å². The van der Waals surface area contributed by atoms with Gasteiger partial charge in [-0.2, -0.15) is 0 Å². The molecule has 5 nitrogen and oxygen atoms in total. The van der Waals surface area contributed by atoms with Gasteiger partial charge in [-0.05, 0) is 18.1 Å². The van der Waals surface area contributed by atoms with Gasteiger partial charge in [0.1, 0.15) is 6.04 Å². The number of fused-ring (bicyclic) bond motifs is 1. The van der Waals surface area contributed by atoms with Crippen LogP contribution in [0.25, 0.3) is 0 Å². The number of hydrogen-bond acceptors (Lipinski definition) is 3. The van der Waals surface area contributed by atoms with E-state index in [0.717, 1.165) is 20.8 Å². The maximum Gasteiger partial charge on any atom is 0.268 e. The predicted octanol–water partition coefficient (Wildman–Crippen LogP) is 5.01. The Balaban J connectivity index is 1.75. The first-order valence-corrected chi connectivity index (χ1v) is 14.0. The van der Waals surface area contributed by atoms with E-state index in [4.69, 9.17) is 4.74 Å². The van der Waals surface area contributed by atoms with Crippen LogP contribution in [0.2, 0.25) is 0 Å². The molecule has 0 saturated heterocycles. The first kappa shape index (κ1) is 24.6. The Bertz CT molecular complexity index is 1380. The minimum Gasteiger partial charge on any atom is -0.270 e. The molecule has 0 bridgehead atoms. The van der Waals surface area contributed by atoms with E-state index < -0.39 is 30.8 Å². The summed E-state index contributed by atoms with van der Waals surface area (Å²) in [7, 11) is -2.83. The fraction of sp³-hybridized carbons (Fsp3) is 0.129. The second-order valence-corrected chi connectivity index (χ2v) is 12.3. The lowest BCUT2D eigenvalue weighted by Gasteiger charge is -2.30. The minimum absolute atomic E-state index is 0.321. The zero-order valence-electron chi connectivity index (χ0n) is 20.7. The number of rotatable bonds is 6. The molecule has 4 aromatic rings. The van der Waals surface area contributed by atoms with Gasteiger partial charge in [0.15, 0.2) is 0 Å². The van der Waals surface area contributed by atoms with Crippen molar-refractivity contribution in [2.24, 2.45) is 10.7 Å². The lowest BCUT2D eigenvalue weighted by Crippen LogP contribution is -2.47. The summed E-state index contributed by atoms with van der Waals surface area (Å²) in [5.41, 5.74) is 0.641. The highest BCUT2D eigenvalue weighted by Crippen LogP contribution is 2.47. The largest absolute Gasteiger partial charge is 0.270 e. The zero-order valence-corrected chi connectivity index (χ0v) is 21.6. The Morgan fingerprint density at radius 3 is 1.32 bits per heavy atom. The summed E-state index contributed by atoms with van der Waals surface area (Å²) in [6, 6.07) is 35.1. The van der Waals surface area contributed by atoms with Crippen LogP contribution in [0.1, 0.15) is 34.6 Å². The van der Waals surface area contributed by atoms with Crippen molar-refractivity contribution >= 4 is 40.7 Å². The van der Waals surface area contributed by atoms with Crippen molar-refractivity contribution in [3.8, 4) is 0 Å². The molecule has 0 fully saturated rings. The van der Waals surface area contributed by atoms with Crippen LogP contribution in [-0.2, 0) is 4.79 Å². The van der Waals surface area contributed by atoms with Crippen molar-refractivity contribution in [1.82, 2.24) is 4.90 Å². The van der Waals surface area contributed by atoms with E-state index in [1.165, 1.54) is 0 Å². The molecule has 37 heavy (non-hydrogen) atoms. The lowest BCUT2D eigenvalue weighted by molar-refractivity contribution is -0.122. The molecule has 0 radical (unpaired) electrons. The van der Waals surface area contributed by atoms with Crippen LogP contribution >= 0.6 is 7.05 Å². The number of hydrogen-bond donors (Lipinski definition) is 0. The molecule has 5 rings (SSSR count). The maximum absolute atomic E-state index is 14.3. The third-order valence-electron chi connectivity index (χ3n) is 6.63. The van der Waals surface area contributed by atoms with Crippen LogP contribution in [0.3, 0.4) is 0 Å². The van der Waals surface area contributed by atoms with Crippen LogP contribution in [0.5, 0.6) is 0 Å². The molecule has 1 unspecified atom stereocenters. The Morgan fingerprint density at radius 2 is 0.973 bits per heavy atom. The zero-order chi connectivity index (χ0) is 26.0. The molecule has 4 aromatic carbocycles. The molecule has 1 aliphatic rings. The first-order chi connectivity index (χ1) is 17.9. The molecule has 6 heteroatoms. The van der Waals surface area contributed by atoms with Crippen molar-refractivity contribution in [2.75, 3.05) is 0 Å². The molecule has 1 atom stereocenters. The molecule has 1 aliphatic heterocycles. The Kier molecular flexibility index (Phi) is 6.73. The third kappa shape index (κ3) is 4.26. The van der Waals surface area contributed by atoms with Gasteiger partial charge in [0.05, 0.1) is 18.2 Å². The average molecular weight is 507 g/mol. The fourth-order valence-corrected chi connectivity index (χ4v) is 8.38. The van der Waals surface area contributed by atoms with Crippen LogP contribution in [0.4, 0.5) is 0 Å². The number of carbonyl (C=O) groups excluding carboxylic acids is 3. The van der Waals surface area contributed by atoms with Gasteiger partial charge >= 0.3 is 0 Å². The smallest absolute Gasteiger partial charge is 0.268 e. The SMILES string of the molecule is CC(C)C(C(=O)N=P(c1ccccc1)(c1ccccc1)c1ccccc1)N1C(=O)c2ccccc2C1=O. The summed E-state index contributed by atoms with van der Waals surface area (Å²) in [6.45, 7) is 3.69. The van der Waals surface area contributed by atoms with Gasteiger partial charge in [-0.25, -0.2) is 4.74 Å². The van der Waals surface area contributed by atoms with Crippen molar-refractivity contribution in [3.63, 3.8) is 0 Å². The summed E-state index contributed by atoms with van der Waals surface area (Å²) in [5, 5.41) is 2.77. The van der Waals surface area contributed by atoms with Gasteiger partial charge in [0.2, 0.25) is 0 Å². The fourth-order valence-electron chi connectivity index (χ4n) is 4.91. The van der Waals surface area contributed by atoms with E-state index >= 15 is 0 Å². The Labute approximate surface area is 216 Å². The second kappa shape index (κ2) is 10.1. The predicted molar refractivity (Wildman–Crippen MR) is 148 cm³/mol. The highest BCUT2D eigenvalue weighted by molar-refractivity contribution is 7.87. The van der Waals surface area contributed by atoms with Crippen LogP contribution in [0, 0.1) is 5.92 Å². The average Bonchev–Trinajstić information content (AvgIpc) is 3.18. The lowest BCUT2D eigenvalue weighted by atomic mass is 10.0. The van der Waals surface area contributed by atoms with Crippen molar-refractivity contribution in [2.45, 2.75) is 19.9 Å². The minimum atomic E-state index is -2.83. The topological polar surface area (TPSA) is 66.8 Å². The van der Waals surface area contributed by atoms with E-state index in [1.807, 2.05) is 105 Å². The highest BCUT2D eigenvalue weighted by Gasteiger charge is 2.44. The molecule has 3 amide bonds. The van der Waals surface area contributed by atoms with Crippen LogP contribution in [-0.4, -0.2) is 28.7 Å². The molecule has 0 aliphatic carbocycles. The number of benzene rings is 4. The van der Waals surface area contributed by atoms with Crippen molar-refractivity contribution in [3.05, 3.63) is 126 Å². The summed E-state index contributed by atoms with van der Waals surface area (Å²) < 4.78 is 5.04. The molecular formula is C31H27N2O3P. The first-order valence-electron chi connectivity index (χ1n) is 12.2. The molecule has 184 valence electrons. The molecule has 0 spiro atoms. The van der Waals surface area contributed by atoms with E-state index in [9.17, 15) is 14.4 Å². The summed E-state index contributed by atoms with van der Waals surface area (Å²) in [5.74, 6) is -1.71. The molecule has 0 saturated carbocycles. The normalized spacial score (nSPS) is 14.0. The summed E-state index contributed by atoms with van der Waals surface area (Å²) >= 11 is 0. The van der Waals surface area contributed by atoms with Gasteiger partial charge in [0, 0.05) is 15.9 Å². The quantitative estimate of drug-likeness (QED) is 0.273. The van der Waals surface area contributed by atoms with Crippen molar-refractivity contribution < 1.29 is 14.4 Å². The monoisotopic (exact) mass is 506 g/mol. The summed E-state index contributed by atoms with van der Waals surface area (Å²) in [6.07, 6.45) is 0. The standard InChI is InChI=1S/C31H27N2O3P/c1-22(2)28(33-30(35)26-20-12-13-21-27(26)31(33)36)29(34)32-37(23-14-6-3-7-15-23,24-16-8-4-9-17-24)25-18-10-5-11-19-25/h3-22,28H,1-2H3. The van der Waals surface area contributed by atoms with E-state index in [2.05, 4.69) is 0 Å². The summed E-state index contributed by atoms with van der Waals surface area (Å²) in [4.78, 5) is 42.1. The maximum atomic E-state index is 14.3. The van der Waals surface area contributed by atoms with Crippen LogP contribution in [0.15, 0.2) is 120 Å². The highest BCUT2D eigenvalue weighted by atomic mass is 31.2. The number of amides is 3.